The van der Waals surface area contributed by atoms with Gasteiger partial charge in [0.05, 0.1) is 5.69 Å². The van der Waals surface area contributed by atoms with Crippen LogP contribution in [-0.2, 0) is 0 Å². The number of halogens is 2. The summed E-state index contributed by atoms with van der Waals surface area (Å²) in [6, 6.07) is 7.15. The molecule has 6 heteroatoms. The van der Waals surface area contributed by atoms with E-state index < -0.39 is 17.5 Å². The normalized spacial score (nSPS) is 9.74. The number of nitrogens with one attached hydrogen (secondary N) is 1. The van der Waals surface area contributed by atoms with Crippen molar-refractivity contribution in [1.82, 2.24) is 4.98 Å². The smallest absolute Gasteiger partial charge is 0.255 e. The lowest BCUT2D eigenvalue weighted by Crippen LogP contribution is -2.13. The second-order valence-corrected chi connectivity index (χ2v) is 3.62. The number of anilines is 1. The Hall–Kier alpha value is -2.81. The lowest BCUT2D eigenvalue weighted by Gasteiger charge is -2.06. The van der Waals surface area contributed by atoms with Crippen molar-refractivity contribution in [1.29, 1.82) is 5.26 Å². The highest BCUT2D eigenvalue weighted by Crippen LogP contribution is 2.16. The van der Waals surface area contributed by atoms with Crippen molar-refractivity contribution in [2.24, 2.45) is 0 Å². The Morgan fingerprint density at radius 2 is 2.05 bits per heavy atom. The highest BCUT2D eigenvalue weighted by atomic mass is 19.1. The Morgan fingerprint density at radius 3 is 2.79 bits per heavy atom. The molecule has 0 atom stereocenters. The van der Waals surface area contributed by atoms with Crippen molar-refractivity contribution in [3.8, 4) is 6.07 Å². The van der Waals surface area contributed by atoms with E-state index in [-0.39, 0.29) is 16.9 Å². The van der Waals surface area contributed by atoms with Gasteiger partial charge in [0.15, 0.2) is 0 Å². The molecule has 2 aromatic rings. The van der Waals surface area contributed by atoms with Crippen LogP contribution in [0.3, 0.4) is 0 Å². The third-order valence-electron chi connectivity index (χ3n) is 2.31. The molecule has 0 aliphatic carbocycles. The minimum atomic E-state index is -0.746. The average Bonchev–Trinajstić information content (AvgIpc) is 2.43. The molecular formula is C13H7F2N3O. The largest absolute Gasteiger partial charge is 0.319 e. The van der Waals surface area contributed by atoms with Gasteiger partial charge in [0.1, 0.15) is 23.4 Å². The highest BCUT2D eigenvalue weighted by molar-refractivity contribution is 6.04. The minimum absolute atomic E-state index is 0.0624. The molecule has 0 fully saturated rings. The van der Waals surface area contributed by atoms with Gasteiger partial charge >= 0.3 is 0 Å². The van der Waals surface area contributed by atoms with E-state index in [9.17, 15) is 13.6 Å². The van der Waals surface area contributed by atoms with Crippen LogP contribution < -0.4 is 5.32 Å². The molecule has 1 heterocycles. The monoisotopic (exact) mass is 259 g/mol. The lowest BCUT2D eigenvalue weighted by atomic mass is 10.2. The fraction of sp³-hybridized carbons (Fsp3) is 0. The van der Waals surface area contributed by atoms with Gasteiger partial charge in [-0.25, -0.2) is 13.8 Å². The molecule has 0 unspecified atom stereocenters. The van der Waals surface area contributed by atoms with Crippen LogP contribution in [0.15, 0.2) is 36.5 Å². The van der Waals surface area contributed by atoms with Crippen LogP contribution in [-0.4, -0.2) is 10.9 Å². The number of hydrogen-bond donors (Lipinski definition) is 1. The van der Waals surface area contributed by atoms with Crippen molar-refractivity contribution in [3.05, 3.63) is 59.4 Å². The number of nitriles is 1. The van der Waals surface area contributed by atoms with Gasteiger partial charge in [0, 0.05) is 17.8 Å². The van der Waals surface area contributed by atoms with Gasteiger partial charge < -0.3 is 5.32 Å². The zero-order valence-electron chi connectivity index (χ0n) is 9.52. The first-order valence-corrected chi connectivity index (χ1v) is 5.22. The molecule has 94 valence electrons. The van der Waals surface area contributed by atoms with Gasteiger partial charge in [-0.3, -0.25) is 4.79 Å². The van der Waals surface area contributed by atoms with E-state index in [1.807, 2.05) is 0 Å². The molecule has 4 nitrogen and oxygen atoms in total. The number of carbonyl (C=O) groups is 1. The Bertz CT molecular complexity index is 680. The van der Waals surface area contributed by atoms with Gasteiger partial charge in [0.25, 0.3) is 5.91 Å². The second-order valence-electron chi connectivity index (χ2n) is 3.62. The van der Waals surface area contributed by atoms with E-state index in [4.69, 9.17) is 5.26 Å². The summed E-state index contributed by atoms with van der Waals surface area (Å²) in [5.41, 5.74) is -0.0668. The maximum absolute atomic E-state index is 13.3. The van der Waals surface area contributed by atoms with Crippen molar-refractivity contribution in [2.75, 3.05) is 5.32 Å². The van der Waals surface area contributed by atoms with Crippen LogP contribution in [0, 0.1) is 23.0 Å². The Labute approximate surface area is 107 Å². The van der Waals surface area contributed by atoms with Crippen LogP contribution in [0.25, 0.3) is 0 Å². The number of amides is 1. The standard InChI is InChI=1S/C13H7F2N3O/c14-9-1-2-11(15)12(6-9)18-13(19)8-3-4-17-10(5-8)7-16/h1-6H,(H,18,19). The van der Waals surface area contributed by atoms with Gasteiger partial charge in [-0.1, -0.05) is 0 Å². The Balaban J connectivity index is 2.26. The van der Waals surface area contributed by atoms with Crippen molar-refractivity contribution in [3.63, 3.8) is 0 Å². The lowest BCUT2D eigenvalue weighted by molar-refractivity contribution is 0.102. The molecule has 1 aromatic carbocycles. The van der Waals surface area contributed by atoms with E-state index in [0.717, 1.165) is 18.2 Å². The summed E-state index contributed by atoms with van der Waals surface area (Å²) in [7, 11) is 0. The Morgan fingerprint density at radius 1 is 1.26 bits per heavy atom. The Kier molecular flexibility index (Phi) is 3.48. The summed E-state index contributed by atoms with van der Waals surface area (Å²) in [5, 5.41) is 10.9. The number of aromatic nitrogens is 1. The van der Waals surface area contributed by atoms with Crippen LogP contribution in [0.2, 0.25) is 0 Å². The van der Waals surface area contributed by atoms with E-state index in [0.29, 0.717) is 0 Å². The number of benzene rings is 1. The summed E-state index contributed by atoms with van der Waals surface area (Å²) in [4.78, 5) is 15.5. The topological polar surface area (TPSA) is 65.8 Å². The van der Waals surface area contributed by atoms with Gasteiger partial charge in [-0.05, 0) is 24.3 Å². The number of rotatable bonds is 2. The molecule has 0 saturated heterocycles. The summed E-state index contributed by atoms with van der Waals surface area (Å²) in [5.74, 6) is -2.06. The molecule has 0 aliphatic rings. The summed E-state index contributed by atoms with van der Waals surface area (Å²) in [6.45, 7) is 0. The molecular weight excluding hydrogens is 252 g/mol. The maximum Gasteiger partial charge on any atom is 0.255 e. The predicted molar refractivity (Wildman–Crippen MR) is 63.3 cm³/mol. The van der Waals surface area contributed by atoms with E-state index in [2.05, 4.69) is 10.3 Å². The molecule has 0 radical (unpaired) electrons. The minimum Gasteiger partial charge on any atom is -0.319 e. The number of pyridine rings is 1. The van der Waals surface area contributed by atoms with Crippen molar-refractivity contribution >= 4 is 11.6 Å². The molecule has 2 rings (SSSR count). The van der Waals surface area contributed by atoms with E-state index in [1.165, 1.54) is 18.3 Å². The van der Waals surface area contributed by atoms with Gasteiger partial charge in [-0.2, -0.15) is 5.26 Å². The maximum atomic E-state index is 13.3. The first kappa shape index (κ1) is 12.6. The third-order valence-corrected chi connectivity index (χ3v) is 2.31. The molecule has 1 aromatic heterocycles. The fourth-order valence-electron chi connectivity index (χ4n) is 1.42. The van der Waals surface area contributed by atoms with Crippen molar-refractivity contribution in [2.45, 2.75) is 0 Å². The number of carbonyl (C=O) groups excluding carboxylic acids is 1. The zero-order valence-corrected chi connectivity index (χ0v) is 9.52. The van der Waals surface area contributed by atoms with Crippen LogP contribution in [0.5, 0.6) is 0 Å². The molecule has 1 N–H and O–H groups in total. The first-order chi connectivity index (χ1) is 9.10. The summed E-state index contributed by atoms with van der Waals surface area (Å²) >= 11 is 0. The molecule has 0 aliphatic heterocycles. The molecule has 0 saturated carbocycles. The number of hydrogen-bond acceptors (Lipinski definition) is 3. The molecule has 1 amide bonds. The van der Waals surface area contributed by atoms with Gasteiger partial charge in [0.2, 0.25) is 0 Å². The predicted octanol–water partition coefficient (Wildman–Crippen LogP) is 2.48. The summed E-state index contributed by atoms with van der Waals surface area (Å²) < 4.78 is 26.3. The quantitative estimate of drug-likeness (QED) is 0.901. The van der Waals surface area contributed by atoms with E-state index >= 15 is 0 Å². The van der Waals surface area contributed by atoms with Gasteiger partial charge in [-0.15, -0.1) is 0 Å². The summed E-state index contributed by atoms with van der Waals surface area (Å²) in [6.07, 6.45) is 1.29. The SMILES string of the molecule is N#Cc1cc(C(=O)Nc2cc(F)ccc2F)ccn1. The third kappa shape index (κ3) is 2.90. The van der Waals surface area contributed by atoms with Crippen LogP contribution in [0.4, 0.5) is 14.5 Å². The molecule has 0 spiro atoms. The van der Waals surface area contributed by atoms with E-state index in [1.54, 1.807) is 6.07 Å². The van der Waals surface area contributed by atoms with Crippen LogP contribution in [0.1, 0.15) is 16.1 Å². The first-order valence-electron chi connectivity index (χ1n) is 5.22. The van der Waals surface area contributed by atoms with Crippen LogP contribution >= 0.6 is 0 Å². The zero-order chi connectivity index (χ0) is 13.8. The average molecular weight is 259 g/mol. The second kappa shape index (κ2) is 5.23. The number of nitrogens with zero attached hydrogens (tertiary/aromatic N) is 2. The molecule has 19 heavy (non-hydrogen) atoms. The highest BCUT2D eigenvalue weighted by Gasteiger charge is 2.11. The fourth-order valence-corrected chi connectivity index (χ4v) is 1.42. The molecule has 0 bridgehead atoms. The van der Waals surface area contributed by atoms with Crippen molar-refractivity contribution < 1.29 is 13.6 Å².